The first-order chi connectivity index (χ1) is 24.5. The van der Waals surface area contributed by atoms with Crippen LogP contribution < -0.4 is 15.4 Å². The van der Waals surface area contributed by atoms with Gasteiger partial charge in [0.2, 0.25) is 21.8 Å². The van der Waals surface area contributed by atoms with Gasteiger partial charge in [0.15, 0.2) is 0 Å². The Morgan fingerprint density at radius 3 is 2.29 bits per heavy atom. The molecule has 4 aliphatic rings. The van der Waals surface area contributed by atoms with E-state index in [1.807, 2.05) is 54.6 Å². The van der Waals surface area contributed by atoms with Crippen LogP contribution in [-0.2, 0) is 29.2 Å². The van der Waals surface area contributed by atoms with E-state index in [1.54, 1.807) is 11.8 Å². The zero-order valence-electron chi connectivity index (χ0n) is 28.6. The Morgan fingerprint density at radius 1 is 0.922 bits per heavy atom. The summed E-state index contributed by atoms with van der Waals surface area (Å²) >= 11 is 1.63. The molecule has 2 aromatic carbocycles. The molecule has 2 aliphatic heterocycles. The summed E-state index contributed by atoms with van der Waals surface area (Å²) < 4.78 is 26.9. The number of nitrogens with zero attached hydrogens (tertiary/aromatic N) is 1. The molecule has 2 aliphatic carbocycles. The quantitative estimate of drug-likeness (QED) is 0.259. The highest BCUT2D eigenvalue weighted by Gasteiger charge is 2.62. The maximum Gasteiger partial charge on any atom is 0.405 e. The first kappa shape index (κ1) is 36.7. The molecule has 6 rings (SSSR count). The minimum Gasteiger partial charge on any atom is -0.465 e. The highest BCUT2D eigenvalue weighted by Crippen LogP contribution is 2.50. The molecular weight excluding hydrogens is 689 g/mol. The van der Waals surface area contributed by atoms with Gasteiger partial charge in [0.05, 0.1) is 10.00 Å². The minimum absolute atomic E-state index is 0.130. The van der Waals surface area contributed by atoms with Crippen molar-refractivity contribution in [2.75, 3.05) is 12.3 Å². The normalized spacial score (nSPS) is 29.1. The van der Waals surface area contributed by atoms with Crippen molar-refractivity contribution in [3.8, 4) is 11.1 Å². The second kappa shape index (κ2) is 15.2. The molecule has 0 aromatic heterocycles. The number of sulfonamides is 1. The van der Waals surface area contributed by atoms with Crippen LogP contribution in [0.3, 0.4) is 0 Å². The average molecular weight is 735 g/mol. The van der Waals surface area contributed by atoms with E-state index in [2.05, 4.69) is 34.1 Å². The van der Waals surface area contributed by atoms with Gasteiger partial charge in [0.1, 0.15) is 17.6 Å². The first-order valence-electron chi connectivity index (χ1n) is 17.7. The lowest BCUT2D eigenvalue weighted by molar-refractivity contribution is -0.141. The summed E-state index contributed by atoms with van der Waals surface area (Å²) in [6.07, 6.45) is 10.4. The number of fused-ring (bicyclic) bond motifs is 2. The fraction of sp³-hybridized carbons (Fsp3) is 0.474. The van der Waals surface area contributed by atoms with Gasteiger partial charge in [0.25, 0.3) is 5.91 Å². The summed E-state index contributed by atoms with van der Waals surface area (Å²) in [5, 5.41) is 14.4. The number of carbonyl (C=O) groups excluding carboxylic acids is 3. The topological polar surface area (TPSA) is 162 Å². The third kappa shape index (κ3) is 8.19. The summed E-state index contributed by atoms with van der Waals surface area (Å²) in [5.74, 6) is -1.79. The summed E-state index contributed by atoms with van der Waals surface area (Å²) in [7, 11) is -3.88. The van der Waals surface area contributed by atoms with E-state index in [9.17, 15) is 32.7 Å². The molecule has 5 atom stereocenters. The van der Waals surface area contributed by atoms with Gasteiger partial charge < -0.3 is 20.6 Å². The molecule has 4 N–H and O–H groups in total. The van der Waals surface area contributed by atoms with Gasteiger partial charge in [-0.15, -0.1) is 18.3 Å². The zero-order chi connectivity index (χ0) is 36.2. The van der Waals surface area contributed by atoms with Crippen molar-refractivity contribution in [3.05, 3.63) is 85.0 Å². The van der Waals surface area contributed by atoms with Gasteiger partial charge in [-0.25, -0.2) is 13.2 Å². The molecule has 51 heavy (non-hydrogen) atoms. The van der Waals surface area contributed by atoms with E-state index in [4.69, 9.17) is 0 Å². The Bertz CT molecular complexity index is 1780. The highest BCUT2D eigenvalue weighted by atomic mass is 32.2. The number of carbonyl (C=O) groups is 4. The van der Waals surface area contributed by atoms with E-state index >= 15 is 0 Å². The minimum atomic E-state index is -3.88. The van der Waals surface area contributed by atoms with Crippen LogP contribution in [-0.4, -0.2) is 77.4 Å². The monoisotopic (exact) mass is 734 g/mol. The van der Waals surface area contributed by atoms with Crippen molar-refractivity contribution in [3.63, 3.8) is 0 Å². The fourth-order valence-corrected chi connectivity index (χ4v) is 10.0. The van der Waals surface area contributed by atoms with Crippen LogP contribution in [0.2, 0.25) is 0 Å². The third-order valence-electron chi connectivity index (χ3n) is 10.5. The maximum atomic E-state index is 14.5. The summed E-state index contributed by atoms with van der Waals surface area (Å²) in [6, 6.07) is 15.9. The van der Waals surface area contributed by atoms with Crippen molar-refractivity contribution in [2.24, 2.45) is 5.92 Å². The second-order valence-corrected chi connectivity index (χ2v) is 17.4. The SMILES string of the molecule is C=C[C@@H]1C[C@]1(NC(=O)[C@@H]1C[C@@]2(c3ccc(-c4ccccc4)cc3)CN1C(=O)[C@@H](NC(=O)O)CCCCCC/C=C\CS2)C(=O)NS(=O)(=O)C1CC1. The van der Waals surface area contributed by atoms with Crippen LogP contribution in [0, 0.1) is 5.92 Å². The molecule has 2 bridgehead atoms. The number of hydrogen-bond acceptors (Lipinski definition) is 7. The van der Waals surface area contributed by atoms with Crippen molar-refractivity contribution >= 4 is 45.6 Å². The molecule has 2 heterocycles. The number of thioether (sulfide) groups is 1. The number of amides is 4. The largest absolute Gasteiger partial charge is 0.465 e. The molecule has 13 heteroatoms. The van der Waals surface area contributed by atoms with Crippen molar-refractivity contribution in [1.82, 2.24) is 20.3 Å². The third-order valence-corrected chi connectivity index (χ3v) is 13.8. The van der Waals surface area contributed by atoms with E-state index in [-0.39, 0.29) is 25.8 Å². The summed E-state index contributed by atoms with van der Waals surface area (Å²) in [4.78, 5) is 55.8. The standard InChI is InChI=1S/C38H46N4O7S2/c1-2-28-23-38(28,35(45)41-51(48,49)30-20-21-30)40-33(43)32-24-37(29-18-16-27(17-19-29)26-13-9-8-10-14-26)25-42(32)34(44)31(39-36(46)47)15-11-6-4-3-5-7-12-22-50-37/h2,7-10,12-14,16-19,28,30-32,39H,1,3-6,11,15,20-25H2,(H,40,43)(H,41,45)(H,46,47)/b12-7-/t28-,31+,32+,37+,38-/m1/s1. The fourth-order valence-electron chi connectivity index (χ4n) is 7.32. The lowest BCUT2D eigenvalue weighted by Crippen LogP contribution is -2.58. The predicted molar refractivity (Wildman–Crippen MR) is 197 cm³/mol. The smallest absolute Gasteiger partial charge is 0.405 e. The Hall–Kier alpha value is -4.10. The number of benzene rings is 2. The van der Waals surface area contributed by atoms with Gasteiger partial charge in [-0.3, -0.25) is 19.1 Å². The molecule has 272 valence electrons. The van der Waals surface area contributed by atoms with Gasteiger partial charge in [-0.1, -0.05) is 92.1 Å². The molecule has 2 aromatic rings. The molecule has 0 spiro atoms. The predicted octanol–water partition coefficient (Wildman–Crippen LogP) is 5.10. The highest BCUT2D eigenvalue weighted by molar-refractivity contribution is 8.00. The molecule has 2 saturated carbocycles. The van der Waals surface area contributed by atoms with Gasteiger partial charge in [-0.2, -0.15) is 0 Å². The molecule has 4 amide bonds. The second-order valence-electron chi connectivity index (χ2n) is 14.1. The lowest BCUT2D eigenvalue weighted by Gasteiger charge is -2.31. The first-order valence-corrected chi connectivity index (χ1v) is 20.3. The van der Waals surface area contributed by atoms with Crippen LogP contribution in [0.1, 0.15) is 69.8 Å². The lowest BCUT2D eigenvalue weighted by atomic mass is 9.93. The van der Waals surface area contributed by atoms with Gasteiger partial charge in [0, 0.05) is 18.2 Å². The van der Waals surface area contributed by atoms with Gasteiger partial charge in [-0.05, 0) is 61.6 Å². The van der Waals surface area contributed by atoms with E-state index in [0.29, 0.717) is 25.0 Å². The van der Waals surface area contributed by atoms with Crippen molar-refractivity contribution < 1.29 is 32.7 Å². The van der Waals surface area contributed by atoms with Gasteiger partial charge >= 0.3 is 6.09 Å². The molecule has 1 saturated heterocycles. The van der Waals surface area contributed by atoms with E-state index in [1.165, 1.54) is 11.0 Å². The number of rotatable bonds is 9. The van der Waals surface area contributed by atoms with Crippen molar-refractivity contribution in [1.29, 1.82) is 0 Å². The van der Waals surface area contributed by atoms with E-state index in [0.717, 1.165) is 42.4 Å². The molecule has 0 radical (unpaired) electrons. The summed E-state index contributed by atoms with van der Waals surface area (Å²) in [5.41, 5.74) is 1.46. The zero-order valence-corrected chi connectivity index (χ0v) is 30.2. The van der Waals surface area contributed by atoms with Crippen LogP contribution >= 0.6 is 11.8 Å². The van der Waals surface area contributed by atoms with Crippen LogP contribution in [0.4, 0.5) is 4.79 Å². The van der Waals surface area contributed by atoms with Crippen LogP contribution in [0.15, 0.2) is 79.4 Å². The van der Waals surface area contributed by atoms with Crippen LogP contribution in [0.25, 0.3) is 11.1 Å². The molecule has 3 fully saturated rings. The van der Waals surface area contributed by atoms with Crippen molar-refractivity contribution in [2.45, 2.75) is 91.8 Å². The number of nitrogens with one attached hydrogen (secondary N) is 3. The number of allylic oxidation sites excluding steroid dienone is 1. The Labute approximate surface area is 303 Å². The number of carboxylic acid groups (broad SMARTS) is 1. The van der Waals surface area contributed by atoms with E-state index < -0.39 is 67.4 Å². The molecule has 11 nitrogen and oxygen atoms in total. The van der Waals surface area contributed by atoms with Crippen LogP contribution in [0.5, 0.6) is 0 Å². The molecular formula is C38H46N4O7S2. The Morgan fingerprint density at radius 2 is 1.63 bits per heavy atom. The summed E-state index contributed by atoms with van der Waals surface area (Å²) in [6.45, 7) is 3.93. The Balaban J connectivity index is 1.36. The number of hydrogen-bond donors (Lipinski definition) is 4. The average Bonchev–Trinajstić information content (AvgIpc) is 4.05. The Kier molecular flexibility index (Phi) is 11.0. The maximum absolute atomic E-state index is 14.5. The molecule has 0 unspecified atom stereocenters.